The molecule has 130 valence electrons. The van der Waals surface area contributed by atoms with Crippen molar-refractivity contribution in [2.75, 3.05) is 13.1 Å². The van der Waals surface area contributed by atoms with E-state index < -0.39 is 6.03 Å². The third-order valence-corrected chi connectivity index (χ3v) is 4.79. The number of imide groups is 1. The Morgan fingerprint density at radius 2 is 2.12 bits per heavy atom. The van der Waals surface area contributed by atoms with Crippen LogP contribution in [0.4, 0.5) is 4.79 Å². The Balaban J connectivity index is 1.75. The van der Waals surface area contributed by atoms with Crippen molar-refractivity contribution in [1.82, 2.24) is 20.1 Å². The van der Waals surface area contributed by atoms with Gasteiger partial charge in [0.15, 0.2) is 0 Å². The van der Waals surface area contributed by atoms with Crippen LogP contribution in [-0.2, 0) is 22.7 Å². The number of carbonyl (C=O) groups is 3. The first-order valence-corrected chi connectivity index (χ1v) is 8.66. The largest absolute Gasteiger partial charge is 0.330 e. The molecule has 0 radical (unpaired) electrons. The molecule has 2 aromatic rings. The number of hydrogen-bond acceptors (Lipinski definition) is 5. The van der Waals surface area contributed by atoms with Crippen LogP contribution in [0.5, 0.6) is 0 Å². The fraction of sp³-hybridized carbons (Fsp3) is 0.294. The summed E-state index contributed by atoms with van der Waals surface area (Å²) in [4.78, 5) is 45.2. The van der Waals surface area contributed by atoms with Crippen molar-refractivity contribution < 1.29 is 14.4 Å². The first kappa shape index (κ1) is 17.1. The number of rotatable bonds is 6. The number of hydrogen-bond donors (Lipinski definition) is 1. The number of thiophene rings is 1. The number of amides is 4. The maximum absolute atomic E-state index is 12.7. The Kier molecular flexibility index (Phi) is 5.08. The highest BCUT2D eigenvalue weighted by Crippen LogP contribution is 2.18. The van der Waals surface area contributed by atoms with Crippen molar-refractivity contribution in [3.05, 3.63) is 52.0 Å². The molecular formula is C17H18N4O3S. The lowest BCUT2D eigenvalue weighted by Gasteiger charge is -2.24. The van der Waals surface area contributed by atoms with Crippen molar-refractivity contribution in [3.8, 4) is 0 Å². The van der Waals surface area contributed by atoms with Crippen LogP contribution in [0.2, 0.25) is 0 Å². The summed E-state index contributed by atoms with van der Waals surface area (Å²) in [6.45, 7) is 2.42. The Bertz CT molecular complexity index is 774. The third kappa shape index (κ3) is 4.21. The summed E-state index contributed by atoms with van der Waals surface area (Å²) < 4.78 is 0. The minimum absolute atomic E-state index is 0.0591. The van der Waals surface area contributed by atoms with E-state index in [-0.39, 0.29) is 24.9 Å². The van der Waals surface area contributed by atoms with E-state index in [4.69, 9.17) is 0 Å². The number of carbonyl (C=O) groups excluding carboxylic acids is 3. The summed E-state index contributed by atoms with van der Waals surface area (Å²) in [6, 6.07) is 8.97. The Morgan fingerprint density at radius 3 is 2.72 bits per heavy atom. The van der Waals surface area contributed by atoms with Gasteiger partial charge in [-0.1, -0.05) is 6.07 Å². The van der Waals surface area contributed by atoms with E-state index >= 15 is 0 Å². The zero-order valence-electron chi connectivity index (χ0n) is 13.8. The summed E-state index contributed by atoms with van der Waals surface area (Å²) in [7, 11) is 0. The van der Waals surface area contributed by atoms with Gasteiger partial charge in [0.1, 0.15) is 6.54 Å². The molecule has 3 rings (SSSR count). The molecule has 1 aliphatic rings. The third-order valence-electron chi connectivity index (χ3n) is 3.80. The molecule has 0 aliphatic carbocycles. The molecule has 0 unspecified atom stereocenters. The molecule has 25 heavy (non-hydrogen) atoms. The summed E-state index contributed by atoms with van der Waals surface area (Å²) in [6.07, 6.45) is 1.67. The predicted molar refractivity (Wildman–Crippen MR) is 92.7 cm³/mol. The van der Waals surface area contributed by atoms with Crippen LogP contribution in [0.3, 0.4) is 0 Å². The molecule has 0 aromatic carbocycles. The highest BCUT2D eigenvalue weighted by molar-refractivity contribution is 7.11. The van der Waals surface area contributed by atoms with Gasteiger partial charge in [-0.25, -0.2) is 4.79 Å². The fourth-order valence-corrected chi connectivity index (χ4v) is 3.43. The standard InChI is InChI=1S/C17H18N4O3S/c1-12-5-6-14(25-12)10-20(9-13-4-2-3-7-18-13)16(23)11-21-15(22)8-19-17(21)24/h2-7H,8-11H2,1H3,(H,19,24). The average Bonchev–Trinajstić information content (AvgIpc) is 3.15. The van der Waals surface area contributed by atoms with Crippen LogP contribution in [0.25, 0.3) is 0 Å². The average molecular weight is 358 g/mol. The van der Waals surface area contributed by atoms with Gasteiger partial charge in [0.2, 0.25) is 5.91 Å². The molecular weight excluding hydrogens is 340 g/mol. The Labute approximate surface area is 149 Å². The van der Waals surface area contributed by atoms with E-state index in [2.05, 4.69) is 10.3 Å². The smallest absolute Gasteiger partial charge is 0.325 e. The monoisotopic (exact) mass is 358 g/mol. The highest BCUT2D eigenvalue weighted by Gasteiger charge is 2.31. The molecule has 0 atom stereocenters. The second-order valence-corrected chi connectivity index (χ2v) is 7.09. The van der Waals surface area contributed by atoms with Crippen LogP contribution in [-0.4, -0.2) is 45.7 Å². The Morgan fingerprint density at radius 1 is 1.28 bits per heavy atom. The Hall–Kier alpha value is -2.74. The second-order valence-electron chi connectivity index (χ2n) is 5.72. The van der Waals surface area contributed by atoms with Gasteiger partial charge in [-0.3, -0.25) is 19.5 Å². The first-order valence-electron chi connectivity index (χ1n) is 7.84. The topological polar surface area (TPSA) is 82.6 Å². The van der Waals surface area contributed by atoms with Crippen LogP contribution in [0.15, 0.2) is 36.5 Å². The first-order chi connectivity index (χ1) is 12.0. The zero-order chi connectivity index (χ0) is 17.8. The van der Waals surface area contributed by atoms with E-state index in [0.717, 1.165) is 20.3 Å². The van der Waals surface area contributed by atoms with Crippen molar-refractivity contribution in [2.45, 2.75) is 20.0 Å². The van der Waals surface area contributed by atoms with Gasteiger partial charge in [0.25, 0.3) is 5.91 Å². The van der Waals surface area contributed by atoms with Gasteiger partial charge in [-0.15, -0.1) is 11.3 Å². The van der Waals surface area contributed by atoms with Crippen molar-refractivity contribution in [2.24, 2.45) is 0 Å². The van der Waals surface area contributed by atoms with Crippen molar-refractivity contribution in [3.63, 3.8) is 0 Å². The SMILES string of the molecule is Cc1ccc(CN(Cc2ccccn2)C(=O)CN2C(=O)CNC2=O)s1. The van der Waals surface area contributed by atoms with Gasteiger partial charge < -0.3 is 10.2 Å². The normalized spacial score (nSPS) is 13.9. The molecule has 4 amide bonds. The molecule has 7 nitrogen and oxygen atoms in total. The van der Waals surface area contributed by atoms with Crippen molar-refractivity contribution >= 4 is 29.2 Å². The zero-order valence-corrected chi connectivity index (χ0v) is 14.6. The molecule has 0 saturated carbocycles. The fourth-order valence-electron chi connectivity index (χ4n) is 2.53. The van der Waals surface area contributed by atoms with E-state index in [0.29, 0.717) is 13.1 Å². The maximum atomic E-state index is 12.7. The molecule has 1 aliphatic heterocycles. The molecule has 8 heteroatoms. The quantitative estimate of drug-likeness (QED) is 0.794. The molecule has 0 bridgehead atoms. The van der Waals surface area contributed by atoms with E-state index in [1.165, 1.54) is 0 Å². The number of nitrogens with zero attached hydrogens (tertiary/aromatic N) is 3. The molecule has 1 saturated heterocycles. The molecule has 3 heterocycles. The van der Waals surface area contributed by atoms with Gasteiger partial charge in [0.05, 0.1) is 25.3 Å². The molecule has 1 fully saturated rings. The van der Waals surface area contributed by atoms with Gasteiger partial charge in [0, 0.05) is 16.0 Å². The maximum Gasteiger partial charge on any atom is 0.325 e. The summed E-state index contributed by atoms with van der Waals surface area (Å²) in [5.41, 5.74) is 0.751. The van der Waals surface area contributed by atoms with Gasteiger partial charge >= 0.3 is 6.03 Å². The van der Waals surface area contributed by atoms with Crippen LogP contribution in [0.1, 0.15) is 15.4 Å². The summed E-state index contributed by atoms with van der Waals surface area (Å²) >= 11 is 1.61. The molecule has 0 spiro atoms. The van der Waals surface area contributed by atoms with Gasteiger partial charge in [-0.2, -0.15) is 0 Å². The van der Waals surface area contributed by atoms with E-state index in [1.807, 2.05) is 37.3 Å². The highest BCUT2D eigenvalue weighted by atomic mass is 32.1. The number of aryl methyl sites for hydroxylation is 1. The number of aromatic nitrogens is 1. The van der Waals surface area contributed by atoms with Gasteiger partial charge in [-0.05, 0) is 31.2 Å². The van der Waals surface area contributed by atoms with Crippen molar-refractivity contribution in [1.29, 1.82) is 0 Å². The lowest BCUT2D eigenvalue weighted by Crippen LogP contribution is -2.42. The van der Waals surface area contributed by atoms with Crippen LogP contribution < -0.4 is 5.32 Å². The van der Waals surface area contributed by atoms with Crippen LogP contribution in [0, 0.1) is 6.92 Å². The summed E-state index contributed by atoms with van der Waals surface area (Å²) in [5.74, 6) is -0.676. The summed E-state index contributed by atoms with van der Waals surface area (Å²) in [5, 5.41) is 2.42. The second kappa shape index (κ2) is 7.43. The molecule has 1 N–H and O–H groups in total. The van der Waals surface area contributed by atoms with Crippen LogP contribution >= 0.6 is 11.3 Å². The predicted octanol–water partition coefficient (Wildman–Crippen LogP) is 1.53. The molecule has 2 aromatic heterocycles. The number of pyridine rings is 1. The number of urea groups is 1. The minimum Gasteiger partial charge on any atom is -0.330 e. The van der Waals surface area contributed by atoms with E-state index in [1.54, 1.807) is 22.4 Å². The van der Waals surface area contributed by atoms with E-state index in [9.17, 15) is 14.4 Å². The lowest BCUT2D eigenvalue weighted by atomic mass is 10.3. The number of nitrogens with one attached hydrogen (secondary N) is 1. The minimum atomic E-state index is -0.525. The lowest BCUT2D eigenvalue weighted by molar-refractivity contribution is -0.137.